The number of anilines is 2. The number of amides is 1. The Morgan fingerprint density at radius 1 is 0.917 bits per heavy atom. The Morgan fingerprint density at radius 2 is 1.62 bits per heavy atom. The van der Waals surface area contributed by atoms with Crippen molar-refractivity contribution in [2.75, 3.05) is 45.4 Å². The maximum atomic E-state index is 13.4. The maximum absolute atomic E-state index is 13.4. The quantitative estimate of drug-likeness (QED) is 0.310. The van der Waals surface area contributed by atoms with Gasteiger partial charge in [0, 0.05) is 42.2 Å². The van der Waals surface area contributed by atoms with Crippen molar-refractivity contribution in [3.63, 3.8) is 0 Å². The molecule has 0 aromatic heterocycles. The van der Waals surface area contributed by atoms with E-state index in [-0.39, 0.29) is 11.7 Å². The summed E-state index contributed by atoms with van der Waals surface area (Å²) in [7, 11) is 6.30. The number of methoxy groups -OCH3 is 4. The molecule has 1 saturated heterocycles. The van der Waals surface area contributed by atoms with Crippen LogP contribution in [-0.4, -0.2) is 58.6 Å². The fourth-order valence-corrected chi connectivity index (χ4v) is 9.64. The summed E-state index contributed by atoms with van der Waals surface area (Å²) in [6.07, 6.45) is 10.7. The lowest BCUT2D eigenvalue weighted by Crippen LogP contribution is -2.59. The monoisotopic (exact) mass is 662 g/mol. The van der Waals surface area contributed by atoms with Crippen molar-refractivity contribution in [2.24, 2.45) is 23.7 Å². The van der Waals surface area contributed by atoms with E-state index >= 15 is 0 Å². The van der Waals surface area contributed by atoms with Gasteiger partial charge < -0.3 is 38.6 Å². The molecule has 3 N–H and O–H groups in total. The van der Waals surface area contributed by atoms with Crippen molar-refractivity contribution in [1.29, 1.82) is 0 Å². The highest BCUT2D eigenvalue weighted by Gasteiger charge is 2.65. The van der Waals surface area contributed by atoms with E-state index in [9.17, 15) is 4.79 Å². The molecule has 48 heavy (non-hydrogen) atoms. The zero-order chi connectivity index (χ0) is 33.0. The molecule has 0 radical (unpaired) electrons. The van der Waals surface area contributed by atoms with Crippen LogP contribution in [0.5, 0.6) is 23.0 Å². The van der Waals surface area contributed by atoms with Gasteiger partial charge in [-0.2, -0.15) is 0 Å². The van der Waals surface area contributed by atoms with Crippen molar-refractivity contribution in [3.8, 4) is 23.0 Å². The van der Waals surface area contributed by atoms with Crippen LogP contribution in [0, 0.1) is 23.7 Å². The summed E-state index contributed by atoms with van der Waals surface area (Å²) < 4.78 is 42.1. The second-order valence-corrected chi connectivity index (χ2v) is 14.3. The van der Waals surface area contributed by atoms with Crippen LogP contribution in [0.25, 0.3) is 5.70 Å². The molecule has 2 aliphatic heterocycles. The van der Waals surface area contributed by atoms with Crippen LogP contribution in [0.2, 0.25) is 0 Å². The van der Waals surface area contributed by atoms with E-state index in [1.807, 2.05) is 41.5 Å². The second-order valence-electron chi connectivity index (χ2n) is 14.3. The minimum absolute atomic E-state index is 0.259. The SMILES string of the molecule is COc1ccc(C2=CNNN2c2cc(OC)c(OC)c(OC)c2)cc1NC(=O)OC1CCCC2(COC3(O2)C2CC4CC(C2)CC3C4)C1. The summed E-state index contributed by atoms with van der Waals surface area (Å²) >= 11 is 0. The summed E-state index contributed by atoms with van der Waals surface area (Å²) in [5.41, 5.74) is 8.65. The number of nitrogens with zero attached hydrogens (tertiary/aromatic N) is 1. The molecular formula is C36H46N4O8. The predicted octanol–water partition coefficient (Wildman–Crippen LogP) is 5.98. The fourth-order valence-electron chi connectivity index (χ4n) is 9.64. The Balaban J connectivity index is 0.960. The largest absolute Gasteiger partial charge is 0.495 e. The molecule has 9 rings (SSSR count). The van der Waals surface area contributed by atoms with Crippen molar-refractivity contribution >= 4 is 23.2 Å². The van der Waals surface area contributed by atoms with Gasteiger partial charge in [-0.3, -0.25) is 10.3 Å². The Morgan fingerprint density at radius 3 is 2.29 bits per heavy atom. The van der Waals surface area contributed by atoms with Gasteiger partial charge in [0.05, 0.1) is 57.7 Å². The zero-order valence-electron chi connectivity index (χ0n) is 28.1. The first-order chi connectivity index (χ1) is 23.4. The molecule has 2 heterocycles. The molecule has 2 atom stereocenters. The van der Waals surface area contributed by atoms with E-state index in [2.05, 4.69) is 16.3 Å². The van der Waals surface area contributed by atoms with Crippen LogP contribution >= 0.6 is 0 Å². The number of hydrogen-bond donors (Lipinski definition) is 3. The molecule has 2 spiro atoms. The van der Waals surface area contributed by atoms with Gasteiger partial charge in [0.25, 0.3) is 0 Å². The molecule has 4 bridgehead atoms. The molecule has 2 aromatic rings. The molecule has 12 nitrogen and oxygen atoms in total. The van der Waals surface area contributed by atoms with E-state index in [0.717, 1.165) is 48.0 Å². The lowest BCUT2D eigenvalue weighted by molar-refractivity contribution is -0.307. The van der Waals surface area contributed by atoms with Crippen LogP contribution in [0.1, 0.15) is 63.4 Å². The van der Waals surface area contributed by atoms with E-state index < -0.39 is 11.9 Å². The van der Waals surface area contributed by atoms with Crippen molar-refractivity contribution in [1.82, 2.24) is 11.0 Å². The van der Waals surface area contributed by atoms with Gasteiger partial charge in [0.1, 0.15) is 11.9 Å². The molecule has 5 aliphatic carbocycles. The number of carbonyl (C=O) groups is 1. The van der Waals surface area contributed by atoms with E-state index in [0.29, 0.717) is 53.5 Å². The van der Waals surface area contributed by atoms with E-state index in [1.165, 1.54) is 32.1 Å². The average Bonchev–Trinajstić information content (AvgIpc) is 3.72. The first-order valence-electron chi connectivity index (χ1n) is 17.2. The third-order valence-corrected chi connectivity index (χ3v) is 11.5. The van der Waals surface area contributed by atoms with Crippen LogP contribution < -0.4 is 40.2 Å². The Bertz CT molecular complexity index is 1540. The highest BCUT2D eigenvalue weighted by atomic mass is 16.8. The predicted molar refractivity (Wildman–Crippen MR) is 178 cm³/mol. The summed E-state index contributed by atoms with van der Waals surface area (Å²) in [5.74, 6) is 4.33. The van der Waals surface area contributed by atoms with Gasteiger partial charge >= 0.3 is 6.09 Å². The Hall–Kier alpha value is -3.87. The fraction of sp³-hybridized carbons (Fsp3) is 0.583. The van der Waals surface area contributed by atoms with Crippen molar-refractivity contribution in [2.45, 2.75) is 75.3 Å². The van der Waals surface area contributed by atoms with Crippen LogP contribution in [0.3, 0.4) is 0 Å². The molecule has 6 fully saturated rings. The summed E-state index contributed by atoms with van der Waals surface area (Å²) in [6.45, 7) is 0.590. The zero-order valence-corrected chi connectivity index (χ0v) is 28.1. The van der Waals surface area contributed by atoms with Gasteiger partial charge in [-0.15, -0.1) is 5.53 Å². The number of rotatable bonds is 8. The Kier molecular flexibility index (Phi) is 8.00. The van der Waals surface area contributed by atoms with E-state index in [4.69, 9.17) is 33.2 Å². The van der Waals surface area contributed by atoms with Gasteiger partial charge in [-0.1, -0.05) is 0 Å². The standard InChI is InChI=1S/C36H46N4O8/c1-42-30-8-7-23(29-19-37-39-40(29)26-16-31(43-2)33(45-4)32(17-26)44-3)15-28(30)38-34(41)47-27-6-5-9-35(18-27)20-46-36(48-35)24-11-21-10-22(13-24)14-25(36)12-21/h7-8,15-17,19,21-22,24-25,27,37,39H,5-6,9-14,18,20H2,1-4H3,(H,38,41). The number of ether oxygens (including phenoxy) is 7. The van der Waals surface area contributed by atoms with Crippen LogP contribution in [-0.2, 0) is 14.2 Å². The molecule has 2 aromatic carbocycles. The highest BCUT2D eigenvalue weighted by molar-refractivity contribution is 5.89. The van der Waals surface area contributed by atoms with Gasteiger partial charge in [0.2, 0.25) is 5.75 Å². The summed E-state index contributed by atoms with van der Waals surface area (Å²) in [4.78, 5) is 13.4. The van der Waals surface area contributed by atoms with Crippen LogP contribution in [0.4, 0.5) is 16.2 Å². The topological polar surface area (TPSA) is 121 Å². The normalized spacial score (nSPS) is 33.0. The maximum Gasteiger partial charge on any atom is 0.412 e. The third-order valence-electron chi connectivity index (χ3n) is 11.5. The van der Waals surface area contributed by atoms with Gasteiger partial charge in [-0.05, 0) is 81.4 Å². The van der Waals surface area contributed by atoms with Crippen molar-refractivity contribution < 1.29 is 38.0 Å². The average molecular weight is 663 g/mol. The summed E-state index contributed by atoms with van der Waals surface area (Å²) in [5, 5.41) is 4.80. The minimum atomic E-state index is -0.520. The highest BCUT2D eigenvalue weighted by Crippen LogP contribution is 2.63. The first-order valence-corrected chi connectivity index (χ1v) is 17.2. The third kappa shape index (κ3) is 5.28. The minimum Gasteiger partial charge on any atom is -0.495 e. The summed E-state index contributed by atoms with van der Waals surface area (Å²) in [6, 6.07) is 9.29. The number of nitrogens with one attached hydrogen (secondary N) is 3. The van der Waals surface area contributed by atoms with Gasteiger partial charge in [0.15, 0.2) is 17.3 Å². The Labute approximate surface area is 281 Å². The molecule has 1 amide bonds. The molecule has 7 aliphatic rings. The molecule has 2 unspecified atom stereocenters. The number of hydrazine groups is 2. The van der Waals surface area contributed by atoms with Crippen molar-refractivity contribution in [3.05, 3.63) is 42.1 Å². The van der Waals surface area contributed by atoms with E-state index in [1.54, 1.807) is 28.4 Å². The lowest BCUT2D eigenvalue weighted by atomic mass is 9.53. The molecular weight excluding hydrogens is 616 g/mol. The number of carbonyl (C=O) groups excluding carboxylic acids is 1. The smallest absolute Gasteiger partial charge is 0.412 e. The first kappa shape index (κ1) is 31.4. The second kappa shape index (κ2) is 12.2. The number of hydrogen-bond acceptors (Lipinski definition) is 11. The molecule has 5 saturated carbocycles. The van der Waals surface area contributed by atoms with Gasteiger partial charge in [-0.25, -0.2) is 4.79 Å². The lowest BCUT2D eigenvalue weighted by Gasteiger charge is -2.58. The molecule has 12 heteroatoms. The number of benzene rings is 2. The molecule has 258 valence electrons. The van der Waals surface area contributed by atoms with Crippen LogP contribution in [0.15, 0.2) is 36.5 Å².